The number of nitrogens with one attached hydrogen (secondary N) is 1. The second-order valence-corrected chi connectivity index (χ2v) is 5.24. The van der Waals surface area contributed by atoms with E-state index in [0.717, 1.165) is 4.90 Å². The number of β-amino-alcohol motifs (C(OH)–C–C–N with tert-alkyl or cyclic N) is 1. The van der Waals surface area contributed by atoms with E-state index in [9.17, 15) is 14.7 Å². The Kier molecular flexibility index (Phi) is 4.37. The molecule has 1 fully saturated rings. The van der Waals surface area contributed by atoms with Crippen LogP contribution < -0.4 is 5.32 Å². The normalized spacial score (nSPS) is 21.9. The number of carbonyl (C=O) groups is 2. The fourth-order valence-corrected chi connectivity index (χ4v) is 2.56. The number of aliphatic hydroxyl groups is 1. The molecular formula is C12H12Cl2N2O4. The maximum Gasteiger partial charge on any atom is 0.326 e. The molecule has 3 N–H and O–H groups in total. The quantitative estimate of drug-likeness (QED) is 0.778. The predicted molar refractivity (Wildman–Crippen MR) is 74.2 cm³/mol. The summed E-state index contributed by atoms with van der Waals surface area (Å²) in [5.41, 5.74) is 0.214. The van der Waals surface area contributed by atoms with Crippen molar-refractivity contribution in [3.63, 3.8) is 0 Å². The van der Waals surface area contributed by atoms with E-state index in [1.165, 1.54) is 0 Å². The summed E-state index contributed by atoms with van der Waals surface area (Å²) < 4.78 is 0. The van der Waals surface area contributed by atoms with Gasteiger partial charge in [-0.1, -0.05) is 29.3 Å². The molecule has 1 heterocycles. The van der Waals surface area contributed by atoms with Gasteiger partial charge in [-0.05, 0) is 12.1 Å². The van der Waals surface area contributed by atoms with Crippen LogP contribution in [-0.2, 0) is 4.79 Å². The lowest BCUT2D eigenvalue weighted by molar-refractivity contribution is -0.141. The van der Waals surface area contributed by atoms with Crippen molar-refractivity contribution in [1.82, 2.24) is 4.90 Å². The first-order valence-corrected chi connectivity index (χ1v) is 6.58. The number of benzene rings is 1. The average Bonchev–Trinajstić information content (AvgIpc) is 2.76. The molecule has 2 atom stereocenters. The number of hydrogen-bond acceptors (Lipinski definition) is 3. The molecule has 1 saturated heterocycles. The maximum absolute atomic E-state index is 12.1. The standard InChI is InChI=1S/C12H12Cl2N2O4/c13-7-2-1-3-8(14)10(7)15-12(20)16-5-6(17)4-9(16)11(18)19/h1-3,6,9,17H,4-5H2,(H,15,20)(H,18,19)/t6?,9-/m0/s1. The van der Waals surface area contributed by atoms with E-state index in [2.05, 4.69) is 5.32 Å². The zero-order chi connectivity index (χ0) is 14.9. The highest BCUT2D eigenvalue weighted by Gasteiger charge is 2.39. The summed E-state index contributed by atoms with van der Waals surface area (Å²) in [7, 11) is 0. The number of aliphatic carboxylic acids is 1. The Hall–Kier alpha value is -1.50. The van der Waals surface area contributed by atoms with Crippen molar-refractivity contribution in [3.05, 3.63) is 28.2 Å². The number of urea groups is 1. The van der Waals surface area contributed by atoms with Crippen LogP contribution in [0.3, 0.4) is 0 Å². The Morgan fingerprint density at radius 1 is 1.30 bits per heavy atom. The largest absolute Gasteiger partial charge is 0.480 e. The Labute approximate surface area is 124 Å². The van der Waals surface area contributed by atoms with Crippen molar-refractivity contribution in [3.8, 4) is 0 Å². The van der Waals surface area contributed by atoms with E-state index in [1.54, 1.807) is 18.2 Å². The number of halogens is 2. The highest BCUT2D eigenvalue weighted by molar-refractivity contribution is 6.39. The topological polar surface area (TPSA) is 89.9 Å². The Balaban J connectivity index is 2.18. The SMILES string of the molecule is O=C(O)[C@@H]1CC(O)CN1C(=O)Nc1c(Cl)cccc1Cl. The van der Waals surface area contributed by atoms with Crippen LogP contribution in [0.1, 0.15) is 6.42 Å². The molecule has 0 spiro atoms. The lowest BCUT2D eigenvalue weighted by atomic mass is 10.2. The number of anilines is 1. The third-order valence-electron chi connectivity index (χ3n) is 3.02. The van der Waals surface area contributed by atoms with Crippen LogP contribution in [0.5, 0.6) is 0 Å². The number of hydrogen-bond donors (Lipinski definition) is 3. The molecule has 1 unspecified atom stereocenters. The van der Waals surface area contributed by atoms with Gasteiger partial charge in [0, 0.05) is 13.0 Å². The second kappa shape index (κ2) is 5.87. The molecule has 1 aromatic rings. The molecule has 0 radical (unpaired) electrons. The molecule has 0 bridgehead atoms. The Morgan fingerprint density at radius 3 is 2.45 bits per heavy atom. The van der Waals surface area contributed by atoms with Gasteiger partial charge in [-0.3, -0.25) is 0 Å². The van der Waals surface area contributed by atoms with Gasteiger partial charge in [-0.2, -0.15) is 0 Å². The zero-order valence-corrected chi connectivity index (χ0v) is 11.7. The smallest absolute Gasteiger partial charge is 0.326 e. The molecule has 0 aliphatic carbocycles. The van der Waals surface area contributed by atoms with Gasteiger partial charge in [0.1, 0.15) is 6.04 Å². The van der Waals surface area contributed by atoms with Crippen molar-refractivity contribution < 1.29 is 19.8 Å². The third-order valence-corrected chi connectivity index (χ3v) is 3.65. The summed E-state index contributed by atoms with van der Waals surface area (Å²) >= 11 is 11.8. The summed E-state index contributed by atoms with van der Waals surface area (Å²) in [6.45, 7) is -0.0507. The van der Waals surface area contributed by atoms with Crippen molar-refractivity contribution in [1.29, 1.82) is 0 Å². The van der Waals surface area contributed by atoms with Crippen molar-refractivity contribution in [2.24, 2.45) is 0 Å². The number of amides is 2. The monoisotopic (exact) mass is 318 g/mol. The number of rotatable bonds is 2. The summed E-state index contributed by atoms with van der Waals surface area (Å²) in [5.74, 6) is -1.16. The van der Waals surface area contributed by atoms with E-state index in [-0.39, 0.29) is 28.7 Å². The fraction of sp³-hybridized carbons (Fsp3) is 0.333. The molecule has 2 rings (SSSR count). The van der Waals surface area contributed by atoms with Gasteiger partial charge >= 0.3 is 12.0 Å². The van der Waals surface area contributed by atoms with Crippen LogP contribution in [0.2, 0.25) is 10.0 Å². The lowest BCUT2D eigenvalue weighted by Crippen LogP contribution is -2.43. The number of aliphatic hydroxyl groups excluding tert-OH is 1. The molecule has 1 aliphatic rings. The van der Waals surface area contributed by atoms with Crippen LogP contribution >= 0.6 is 23.2 Å². The van der Waals surface area contributed by atoms with Gasteiger partial charge in [0.2, 0.25) is 0 Å². The van der Waals surface area contributed by atoms with Crippen LogP contribution in [0.25, 0.3) is 0 Å². The summed E-state index contributed by atoms with van der Waals surface area (Å²) in [6, 6.07) is 3.00. The third kappa shape index (κ3) is 2.98. The van der Waals surface area contributed by atoms with Gasteiger partial charge < -0.3 is 20.4 Å². The number of carboxylic acids is 1. The minimum Gasteiger partial charge on any atom is -0.480 e. The molecule has 20 heavy (non-hydrogen) atoms. The molecule has 0 aromatic heterocycles. The van der Waals surface area contributed by atoms with Crippen molar-refractivity contribution in [2.45, 2.75) is 18.6 Å². The zero-order valence-electron chi connectivity index (χ0n) is 10.2. The Morgan fingerprint density at radius 2 is 1.90 bits per heavy atom. The van der Waals surface area contributed by atoms with Gasteiger partial charge in [0.05, 0.1) is 21.8 Å². The number of nitrogens with zero attached hydrogens (tertiary/aromatic N) is 1. The van der Waals surface area contributed by atoms with Crippen LogP contribution in [0.4, 0.5) is 10.5 Å². The first kappa shape index (κ1) is 14.9. The van der Waals surface area contributed by atoms with Crippen LogP contribution in [0, 0.1) is 0 Å². The molecule has 0 saturated carbocycles. The van der Waals surface area contributed by atoms with Crippen LogP contribution in [-0.4, -0.2) is 45.8 Å². The van der Waals surface area contributed by atoms with Crippen LogP contribution in [0.15, 0.2) is 18.2 Å². The lowest BCUT2D eigenvalue weighted by Gasteiger charge is -2.22. The highest BCUT2D eigenvalue weighted by atomic mass is 35.5. The number of para-hydroxylation sites is 1. The Bertz CT molecular complexity index is 532. The highest BCUT2D eigenvalue weighted by Crippen LogP contribution is 2.30. The second-order valence-electron chi connectivity index (χ2n) is 4.42. The molecule has 1 aromatic carbocycles. The van der Waals surface area contributed by atoms with Gasteiger partial charge in [0.25, 0.3) is 0 Å². The summed E-state index contributed by atoms with van der Waals surface area (Å²) in [5, 5.41) is 21.5. The van der Waals surface area contributed by atoms with Gasteiger partial charge in [-0.15, -0.1) is 0 Å². The molecule has 1 aliphatic heterocycles. The minimum absolute atomic E-state index is 0.000985. The van der Waals surface area contributed by atoms with E-state index >= 15 is 0 Å². The maximum atomic E-state index is 12.1. The van der Waals surface area contributed by atoms with Gasteiger partial charge in [-0.25, -0.2) is 9.59 Å². The molecule has 6 nitrogen and oxygen atoms in total. The van der Waals surface area contributed by atoms with Crippen molar-refractivity contribution in [2.75, 3.05) is 11.9 Å². The fourth-order valence-electron chi connectivity index (χ4n) is 2.07. The number of likely N-dealkylation sites (tertiary alicyclic amines) is 1. The summed E-state index contributed by atoms with van der Waals surface area (Å²) in [4.78, 5) is 24.2. The van der Waals surface area contributed by atoms with E-state index < -0.39 is 24.1 Å². The molecule has 2 amide bonds. The predicted octanol–water partition coefficient (Wildman–Crippen LogP) is 2.05. The first-order valence-electron chi connectivity index (χ1n) is 5.82. The number of carbonyl (C=O) groups excluding carboxylic acids is 1. The first-order chi connectivity index (χ1) is 9.40. The summed E-state index contributed by atoms with van der Waals surface area (Å²) in [6.07, 6.45) is -0.859. The van der Waals surface area contributed by atoms with Crippen molar-refractivity contribution >= 4 is 40.9 Å². The molecular weight excluding hydrogens is 307 g/mol. The minimum atomic E-state index is -1.16. The van der Waals surface area contributed by atoms with E-state index in [0.29, 0.717) is 0 Å². The molecule has 8 heteroatoms. The average molecular weight is 319 g/mol. The molecule has 108 valence electrons. The van der Waals surface area contributed by atoms with Gasteiger partial charge in [0.15, 0.2) is 0 Å². The van der Waals surface area contributed by atoms with E-state index in [1.807, 2.05) is 0 Å². The number of carboxylic acid groups (broad SMARTS) is 1. The van der Waals surface area contributed by atoms with E-state index in [4.69, 9.17) is 28.3 Å².